The number of benzene rings is 2. The molecule has 0 spiro atoms. The van der Waals surface area contributed by atoms with Crippen LogP contribution in [0.4, 0.5) is 13.2 Å². The number of carbonyl (C=O) groups excluding carboxylic acids is 2. The fourth-order valence-electron chi connectivity index (χ4n) is 5.77. The third kappa shape index (κ3) is 6.72. The summed E-state index contributed by atoms with van der Waals surface area (Å²) in [6.07, 6.45) is 0.110. The maximum absolute atomic E-state index is 13.8. The van der Waals surface area contributed by atoms with Gasteiger partial charge in [0, 0.05) is 33.3 Å². The molecule has 0 aliphatic heterocycles. The van der Waals surface area contributed by atoms with Gasteiger partial charge in [-0.1, -0.05) is 11.6 Å². The van der Waals surface area contributed by atoms with Gasteiger partial charge in [-0.05, 0) is 74.9 Å². The Morgan fingerprint density at radius 3 is 2.49 bits per heavy atom. The minimum absolute atomic E-state index is 0.0323. The number of hydrogen-bond donors (Lipinski definition) is 3. The van der Waals surface area contributed by atoms with Gasteiger partial charge >= 0.3 is 6.18 Å². The number of nitrogens with zero attached hydrogens (tertiary/aromatic N) is 3. The summed E-state index contributed by atoms with van der Waals surface area (Å²) in [5.41, 5.74) is 3.88. The van der Waals surface area contributed by atoms with Gasteiger partial charge in [0.1, 0.15) is 28.3 Å². The second-order valence-corrected chi connectivity index (χ2v) is 12.4. The largest absolute Gasteiger partial charge is 0.494 e. The van der Waals surface area contributed by atoms with Gasteiger partial charge in [-0.3, -0.25) is 14.3 Å². The molecule has 10 nitrogen and oxygen atoms in total. The van der Waals surface area contributed by atoms with E-state index >= 15 is 0 Å². The van der Waals surface area contributed by atoms with Gasteiger partial charge in [0.05, 0.1) is 44.0 Å². The summed E-state index contributed by atoms with van der Waals surface area (Å²) in [6, 6.07) is 8.03. The van der Waals surface area contributed by atoms with Crippen molar-refractivity contribution in [3.05, 3.63) is 70.0 Å². The molecular weight excluding hydrogens is 639 g/mol. The van der Waals surface area contributed by atoms with Crippen molar-refractivity contribution in [2.24, 2.45) is 11.7 Å². The van der Waals surface area contributed by atoms with Crippen molar-refractivity contribution in [2.75, 3.05) is 20.3 Å². The second kappa shape index (κ2) is 12.3. The molecule has 14 heteroatoms. The first-order chi connectivity index (χ1) is 22.3. The van der Waals surface area contributed by atoms with E-state index < -0.39 is 29.2 Å². The van der Waals surface area contributed by atoms with Crippen molar-refractivity contribution in [3.8, 4) is 22.8 Å². The molecule has 0 saturated heterocycles. The molecule has 2 saturated carbocycles. The van der Waals surface area contributed by atoms with Gasteiger partial charge in [-0.25, -0.2) is 4.98 Å². The van der Waals surface area contributed by atoms with Crippen LogP contribution in [0.25, 0.3) is 22.2 Å². The number of rotatable bonds is 12. The maximum atomic E-state index is 13.8. The molecule has 2 aromatic carbocycles. The number of nitrogens with one attached hydrogen (secondary N) is 1. The highest BCUT2D eigenvalue weighted by atomic mass is 35.5. The van der Waals surface area contributed by atoms with E-state index in [0.29, 0.717) is 30.1 Å². The Morgan fingerprint density at radius 2 is 1.87 bits per heavy atom. The zero-order valence-corrected chi connectivity index (χ0v) is 26.4. The van der Waals surface area contributed by atoms with E-state index in [2.05, 4.69) is 15.4 Å². The van der Waals surface area contributed by atoms with E-state index in [1.54, 1.807) is 19.1 Å². The lowest BCUT2D eigenvalue weighted by molar-refractivity contribution is -0.137. The number of amides is 2. The molecule has 2 aliphatic carbocycles. The molecule has 47 heavy (non-hydrogen) atoms. The van der Waals surface area contributed by atoms with E-state index in [0.717, 1.165) is 30.4 Å². The number of primary amides is 1. The Labute approximate surface area is 273 Å². The number of aliphatic hydroxyl groups is 1. The first kappa shape index (κ1) is 32.6. The number of nitrogens with two attached hydrogens (primary N) is 1. The molecule has 2 aromatic heterocycles. The topological polar surface area (TPSA) is 142 Å². The van der Waals surface area contributed by atoms with Gasteiger partial charge in [0.15, 0.2) is 0 Å². The van der Waals surface area contributed by atoms with Crippen LogP contribution in [0.3, 0.4) is 0 Å². The number of fused-ring (bicyclic) bond motifs is 1. The third-order valence-corrected chi connectivity index (χ3v) is 8.63. The van der Waals surface area contributed by atoms with Gasteiger partial charge in [-0.15, -0.1) is 0 Å². The molecule has 2 fully saturated rings. The summed E-state index contributed by atoms with van der Waals surface area (Å²) in [7, 11) is 1.49. The number of carbonyl (C=O) groups is 2. The number of alkyl halides is 3. The van der Waals surface area contributed by atoms with Crippen LogP contribution in [-0.2, 0) is 23.0 Å². The smallest absolute Gasteiger partial charge is 0.416 e. The number of aromatic nitrogens is 3. The van der Waals surface area contributed by atoms with Crippen molar-refractivity contribution >= 4 is 34.3 Å². The predicted molar refractivity (Wildman–Crippen MR) is 167 cm³/mol. The summed E-state index contributed by atoms with van der Waals surface area (Å²) < 4.78 is 54.5. The first-order valence-electron chi connectivity index (χ1n) is 15.2. The van der Waals surface area contributed by atoms with Crippen LogP contribution in [0.15, 0.2) is 42.6 Å². The molecule has 2 heterocycles. The molecule has 4 aromatic rings. The summed E-state index contributed by atoms with van der Waals surface area (Å²) in [5, 5.41) is 20.1. The SMILES string of the molecule is CCOc1c(CC(N)=O)cc([C@@](O)(CNC(=O)c2cc(OC)c3nn(C4CC4)cc3c2)C2CC2)nc1-c1cc(Cl)cc(C(F)(F)F)c1. The molecule has 0 radical (unpaired) electrons. The number of methoxy groups -OCH3 is 1. The Morgan fingerprint density at radius 1 is 1.13 bits per heavy atom. The van der Waals surface area contributed by atoms with Crippen LogP contribution in [0.1, 0.15) is 65.8 Å². The van der Waals surface area contributed by atoms with E-state index in [4.69, 9.17) is 26.8 Å². The fraction of sp³-hybridized carbons (Fsp3) is 0.394. The quantitative estimate of drug-likeness (QED) is 0.179. The molecule has 6 rings (SSSR count). The second-order valence-electron chi connectivity index (χ2n) is 12.0. The number of halogens is 4. The molecule has 2 amide bonds. The summed E-state index contributed by atoms with van der Waals surface area (Å²) in [6.45, 7) is 1.49. The van der Waals surface area contributed by atoms with Crippen molar-refractivity contribution in [2.45, 2.75) is 56.8 Å². The van der Waals surface area contributed by atoms with Crippen molar-refractivity contribution in [3.63, 3.8) is 0 Å². The van der Waals surface area contributed by atoms with Crippen LogP contribution in [0.2, 0.25) is 5.02 Å². The zero-order chi connectivity index (χ0) is 33.7. The lowest BCUT2D eigenvalue weighted by atomic mass is 9.90. The van der Waals surface area contributed by atoms with Gasteiger partial charge in [-0.2, -0.15) is 18.3 Å². The number of pyridine rings is 1. The van der Waals surface area contributed by atoms with Crippen LogP contribution in [-0.4, -0.2) is 51.9 Å². The molecule has 2 aliphatic rings. The average Bonchev–Trinajstić information content (AvgIpc) is 3.96. The third-order valence-electron chi connectivity index (χ3n) is 8.41. The van der Waals surface area contributed by atoms with E-state index in [1.807, 2.05) is 10.9 Å². The van der Waals surface area contributed by atoms with Crippen LogP contribution >= 0.6 is 11.6 Å². The molecule has 4 N–H and O–H groups in total. The van der Waals surface area contributed by atoms with Crippen LogP contribution in [0.5, 0.6) is 11.5 Å². The van der Waals surface area contributed by atoms with Gasteiger partial charge in [0.25, 0.3) is 5.91 Å². The highest BCUT2D eigenvalue weighted by Gasteiger charge is 2.47. The molecule has 248 valence electrons. The zero-order valence-electron chi connectivity index (χ0n) is 25.7. The molecule has 0 unspecified atom stereocenters. The normalized spacial score (nSPS) is 16.1. The van der Waals surface area contributed by atoms with Gasteiger partial charge < -0.3 is 25.6 Å². The Bertz CT molecular complexity index is 1870. The lowest BCUT2D eigenvalue weighted by Gasteiger charge is -2.30. The summed E-state index contributed by atoms with van der Waals surface area (Å²) in [4.78, 5) is 30.3. The fourth-order valence-corrected chi connectivity index (χ4v) is 6.01. The number of hydrogen-bond acceptors (Lipinski definition) is 7. The van der Waals surface area contributed by atoms with E-state index in [9.17, 15) is 27.9 Å². The Kier molecular flexibility index (Phi) is 8.56. The highest BCUT2D eigenvalue weighted by molar-refractivity contribution is 6.31. The predicted octanol–water partition coefficient (Wildman–Crippen LogP) is 5.57. The number of ether oxygens (including phenoxy) is 2. The van der Waals surface area contributed by atoms with Crippen molar-refractivity contribution in [1.82, 2.24) is 20.1 Å². The molecule has 1 atom stereocenters. The Balaban J connectivity index is 1.39. The monoisotopic (exact) mass is 671 g/mol. The van der Waals surface area contributed by atoms with E-state index in [-0.39, 0.29) is 64.3 Å². The first-order valence-corrected chi connectivity index (χ1v) is 15.6. The highest BCUT2D eigenvalue weighted by Crippen LogP contribution is 2.47. The van der Waals surface area contributed by atoms with Crippen LogP contribution < -0.4 is 20.5 Å². The minimum atomic E-state index is -4.71. The molecule has 0 bridgehead atoms. The maximum Gasteiger partial charge on any atom is 0.416 e. The minimum Gasteiger partial charge on any atom is -0.494 e. The van der Waals surface area contributed by atoms with Crippen LogP contribution in [0, 0.1) is 5.92 Å². The van der Waals surface area contributed by atoms with Crippen molar-refractivity contribution < 1.29 is 37.3 Å². The standard InChI is InChI=1S/C33H33ClF3N5O5/c1-3-47-30-18(13-27(38)43)12-26(40-29(30)17-9-22(33(35,36)37)14-23(34)10-17)32(45,21-4-5-21)16-39-31(44)19-8-20-15-42(24-6-7-24)41-28(20)25(11-19)46-2/h8-12,14-15,21,24,45H,3-7,13,16H2,1-2H3,(H2,38,43)(H,39,44)/t32-/m1/s1. The summed E-state index contributed by atoms with van der Waals surface area (Å²) >= 11 is 6.12. The van der Waals surface area contributed by atoms with E-state index in [1.165, 1.54) is 19.2 Å². The Hall–Kier alpha value is -4.36. The van der Waals surface area contributed by atoms with Gasteiger partial charge in [0.2, 0.25) is 5.91 Å². The summed E-state index contributed by atoms with van der Waals surface area (Å²) in [5.74, 6) is -1.08. The lowest BCUT2D eigenvalue weighted by Crippen LogP contribution is -2.43. The van der Waals surface area contributed by atoms with Crippen molar-refractivity contribution in [1.29, 1.82) is 0 Å². The average molecular weight is 672 g/mol. The molecular formula is C33H33ClF3N5O5.